The van der Waals surface area contributed by atoms with Crippen LogP contribution in [-0.2, 0) is 10.3 Å². The predicted octanol–water partition coefficient (Wildman–Crippen LogP) is 2.17. The molecule has 1 aromatic carbocycles. The van der Waals surface area contributed by atoms with E-state index in [9.17, 15) is 4.79 Å². The molecule has 1 aromatic heterocycles. The Morgan fingerprint density at radius 3 is 2.77 bits per heavy atom. The minimum absolute atomic E-state index is 0.141. The van der Waals surface area contributed by atoms with Gasteiger partial charge in [0.1, 0.15) is 5.75 Å². The molecule has 118 valence electrons. The highest BCUT2D eigenvalue weighted by molar-refractivity contribution is 7.99. The largest absolute Gasteiger partial charge is 0.495 e. The number of tetrazole rings is 1. The molecule has 0 aliphatic rings. The van der Waals surface area contributed by atoms with Crippen molar-refractivity contribution in [1.29, 1.82) is 0 Å². The smallest absolute Gasteiger partial charge is 0.234 e. The lowest BCUT2D eigenvalue weighted by Crippen LogP contribution is -2.24. The number of rotatable bonds is 5. The van der Waals surface area contributed by atoms with Gasteiger partial charge in [0.15, 0.2) is 0 Å². The van der Waals surface area contributed by atoms with E-state index in [1.165, 1.54) is 11.8 Å². The lowest BCUT2D eigenvalue weighted by Gasteiger charge is -2.19. The van der Waals surface area contributed by atoms with Gasteiger partial charge >= 0.3 is 0 Å². The third-order valence-electron chi connectivity index (χ3n) is 2.79. The Bertz CT molecular complexity index is 651. The second-order valence-electron chi connectivity index (χ2n) is 5.58. The number of carbonyl (C=O) groups excluding carboxylic acids is 1. The Hall–Kier alpha value is -2.09. The summed E-state index contributed by atoms with van der Waals surface area (Å²) in [7, 11) is 1.57. The standard InChI is InChI=1S/C14H19N5O2S/c1-14(2,3)19-13(16-17-18-19)22-9-12(20)15-10-7-5-6-8-11(10)21-4/h5-8H,9H2,1-4H3,(H,15,20). The number of amides is 1. The summed E-state index contributed by atoms with van der Waals surface area (Å²) < 4.78 is 6.90. The average Bonchev–Trinajstić information content (AvgIpc) is 2.94. The van der Waals surface area contributed by atoms with E-state index in [0.29, 0.717) is 16.6 Å². The number of carbonyl (C=O) groups is 1. The van der Waals surface area contributed by atoms with E-state index in [0.717, 1.165) is 0 Å². The summed E-state index contributed by atoms with van der Waals surface area (Å²) in [5.41, 5.74) is 0.413. The van der Waals surface area contributed by atoms with E-state index in [1.807, 2.05) is 32.9 Å². The van der Waals surface area contributed by atoms with Gasteiger partial charge in [0.25, 0.3) is 0 Å². The van der Waals surface area contributed by atoms with E-state index in [-0.39, 0.29) is 17.2 Å². The van der Waals surface area contributed by atoms with Gasteiger partial charge in [0, 0.05) is 0 Å². The molecule has 0 aliphatic heterocycles. The zero-order chi connectivity index (χ0) is 16.2. The molecule has 0 saturated heterocycles. The molecule has 0 radical (unpaired) electrons. The van der Waals surface area contributed by atoms with Gasteiger partial charge in [-0.2, -0.15) is 0 Å². The van der Waals surface area contributed by atoms with Crippen LogP contribution in [0.2, 0.25) is 0 Å². The van der Waals surface area contributed by atoms with E-state index in [2.05, 4.69) is 20.8 Å². The van der Waals surface area contributed by atoms with Crippen LogP contribution in [0.5, 0.6) is 5.75 Å². The summed E-state index contributed by atoms with van der Waals surface area (Å²) in [6.45, 7) is 6.01. The van der Waals surface area contributed by atoms with E-state index in [4.69, 9.17) is 4.74 Å². The normalized spacial score (nSPS) is 11.3. The van der Waals surface area contributed by atoms with Crippen molar-refractivity contribution in [2.75, 3.05) is 18.2 Å². The maximum Gasteiger partial charge on any atom is 0.234 e. The number of methoxy groups -OCH3 is 1. The van der Waals surface area contributed by atoms with Crippen LogP contribution in [0.1, 0.15) is 20.8 Å². The molecular weight excluding hydrogens is 302 g/mol. The zero-order valence-electron chi connectivity index (χ0n) is 13.0. The first-order chi connectivity index (χ1) is 10.4. The Labute approximate surface area is 133 Å². The van der Waals surface area contributed by atoms with Crippen molar-refractivity contribution >= 4 is 23.4 Å². The van der Waals surface area contributed by atoms with Crippen LogP contribution in [0.15, 0.2) is 29.4 Å². The third-order valence-corrected chi connectivity index (χ3v) is 3.71. The van der Waals surface area contributed by atoms with Crippen molar-refractivity contribution in [2.24, 2.45) is 0 Å². The van der Waals surface area contributed by atoms with Crippen molar-refractivity contribution in [2.45, 2.75) is 31.5 Å². The number of hydrogen-bond acceptors (Lipinski definition) is 6. The number of anilines is 1. The van der Waals surface area contributed by atoms with Gasteiger partial charge in [-0.15, -0.1) is 5.10 Å². The Morgan fingerprint density at radius 1 is 1.36 bits per heavy atom. The molecule has 2 rings (SSSR count). The number of ether oxygens (including phenoxy) is 1. The lowest BCUT2D eigenvalue weighted by atomic mass is 10.1. The van der Waals surface area contributed by atoms with Crippen molar-refractivity contribution in [3.8, 4) is 5.75 Å². The van der Waals surface area contributed by atoms with Crippen LogP contribution < -0.4 is 10.1 Å². The highest BCUT2D eigenvalue weighted by Gasteiger charge is 2.20. The average molecular weight is 321 g/mol. The van der Waals surface area contributed by atoms with Crippen molar-refractivity contribution < 1.29 is 9.53 Å². The minimum atomic E-state index is -0.231. The maximum absolute atomic E-state index is 12.1. The number of thioether (sulfide) groups is 1. The maximum atomic E-state index is 12.1. The van der Waals surface area contributed by atoms with Gasteiger partial charge in [-0.25, -0.2) is 4.68 Å². The van der Waals surface area contributed by atoms with Crippen LogP contribution in [-0.4, -0.2) is 39.0 Å². The first-order valence-corrected chi connectivity index (χ1v) is 7.75. The highest BCUT2D eigenvalue weighted by atomic mass is 32.2. The number of nitrogens with one attached hydrogen (secondary N) is 1. The van der Waals surface area contributed by atoms with Crippen LogP contribution in [0, 0.1) is 0 Å². The number of hydrogen-bond donors (Lipinski definition) is 1. The number of aromatic nitrogens is 4. The topological polar surface area (TPSA) is 81.9 Å². The van der Waals surface area contributed by atoms with Crippen LogP contribution in [0.3, 0.4) is 0 Å². The SMILES string of the molecule is COc1ccccc1NC(=O)CSc1nnnn1C(C)(C)C. The molecule has 0 aliphatic carbocycles. The monoisotopic (exact) mass is 321 g/mol. The fourth-order valence-electron chi connectivity index (χ4n) is 1.75. The molecule has 0 spiro atoms. The minimum Gasteiger partial charge on any atom is -0.495 e. The fraction of sp³-hybridized carbons (Fsp3) is 0.429. The van der Waals surface area contributed by atoms with Gasteiger partial charge < -0.3 is 10.1 Å². The quantitative estimate of drug-likeness (QED) is 0.850. The Morgan fingerprint density at radius 2 is 2.09 bits per heavy atom. The van der Waals surface area contributed by atoms with E-state index >= 15 is 0 Å². The molecule has 1 N–H and O–H groups in total. The summed E-state index contributed by atoms with van der Waals surface area (Å²) in [4.78, 5) is 12.1. The first-order valence-electron chi connectivity index (χ1n) is 6.76. The van der Waals surface area contributed by atoms with Crippen molar-refractivity contribution in [3.05, 3.63) is 24.3 Å². The highest BCUT2D eigenvalue weighted by Crippen LogP contribution is 2.24. The zero-order valence-corrected chi connectivity index (χ0v) is 13.8. The molecule has 7 nitrogen and oxygen atoms in total. The number of nitrogens with zero attached hydrogens (tertiary/aromatic N) is 4. The van der Waals surface area contributed by atoms with E-state index < -0.39 is 0 Å². The molecule has 22 heavy (non-hydrogen) atoms. The molecule has 0 unspecified atom stereocenters. The Balaban J connectivity index is 1.98. The number of para-hydroxylation sites is 2. The van der Waals surface area contributed by atoms with Gasteiger partial charge in [0.05, 0.1) is 24.1 Å². The molecular formula is C14H19N5O2S. The van der Waals surface area contributed by atoms with Crippen LogP contribution in [0.4, 0.5) is 5.69 Å². The molecule has 0 fully saturated rings. The second-order valence-corrected chi connectivity index (χ2v) is 6.52. The number of benzene rings is 1. The van der Waals surface area contributed by atoms with Gasteiger partial charge in [-0.05, 0) is 43.3 Å². The van der Waals surface area contributed by atoms with Crippen LogP contribution >= 0.6 is 11.8 Å². The summed E-state index contributed by atoms with van der Waals surface area (Å²) in [6, 6.07) is 7.27. The summed E-state index contributed by atoms with van der Waals surface area (Å²) in [5, 5.41) is 15.0. The second kappa shape index (κ2) is 6.78. The summed E-state index contributed by atoms with van der Waals surface area (Å²) in [5.74, 6) is 0.701. The van der Waals surface area contributed by atoms with Gasteiger partial charge in [0.2, 0.25) is 11.1 Å². The van der Waals surface area contributed by atoms with Crippen molar-refractivity contribution in [1.82, 2.24) is 20.2 Å². The molecule has 0 bridgehead atoms. The van der Waals surface area contributed by atoms with Gasteiger partial charge in [-0.1, -0.05) is 23.9 Å². The van der Waals surface area contributed by atoms with E-state index in [1.54, 1.807) is 23.9 Å². The third kappa shape index (κ3) is 3.97. The molecule has 0 saturated carbocycles. The summed E-state index contributed by atoms with van der Waals surface area (Å²) >= 11 is 1.30. The molecule has 2 aromatic rings. The fourth-order valence-corrected chi connectivity index (χ4v) is 2.61. The Kier molecular flexibility index (Phi) is 5.02. The first kappa shape index (κ1) is 16.3. The lowest BCUT2D eigenvalue weighted by molar-refractivity contribution is -0.113. The molecule has 1 heterocycles. The van der Waals surface area contributed by atoms with Crippen LogP contribution in [0.25, 0.3) is 0 Å². The molecule has 0 atom stereocenters. The van der Waals surface area contributed by atoms with Gasteiger partial charge in [-0.3, -0.25) is 4.79 Å². The summed E-state index contributed by atoms with van der Waals surface area (Å²) in [6.07, 6.45) is 0. The predicted molar refractivity (Wildman–Crippen MR) is 85.2 cm³/mol. The van der Waals surface area contributed by atoms with Crippen molar-refractivity contribution in [3.63, 3.8) is 0 Å². The molecule has 8 heteroatoms. The molecule has 1 amide bonds.